The lowest BCUT2D eigenvalue weighted by Crippen LogP contribution is -2.47. The number of rotatable bonds is 3. The van der Waals surface area contributed by atoms with E-state index < -0.39 is 5.41 Å². The van der Waals surface area contributed by atoms with E-state index in [1.807, 2.05) is 11.0 Å². The molecule has 0 atom stereocenters. The normalized spacial score (nSPS) is 20.6. The molecule has 4 nitrogen and oxygen atoms in total. The first kappa shape index (κ1) is 16.8. The fourth-order valence-electron chi connectivity index (χ4n) is 3.81. The summed E-state index contributed by atoms with van der Waals surface area (Å²) in [4.78, 5) is 14.6. The number of nitrogens with zero attached hydrogens (tertiary/aromatic N) is 2. The number of hydrogen-bond acceptors (Lipinski definition) is 3. The van der Waals surface area contributed by atoms with Crippen LogP contribution < -0.4 is 4.74 Å². The molecule has 1 heterocycles. The molecule has 0 unspecified atom stereocenters. The van der Waals surface area contributed by atoms with Gasteiger partial charge < -0.3 is 9.64 Å². The van der Waals surface area contributed by atoms with Crippen LogP contribution in [0.15, 0.2) is 18.2 Å². The zero-order chi connectivity index (χ0) is 17.2. The minimum absolute atomic E-state index is 0.0483. The Morgan fingerprint density at radius 2 is 1.88 bits per heavy atom. The molecule has 24 heavy (non-hydrogen) atoms. The summed E-state index contributed by atoms with van der Waals surface area (Å²) in [6.07, 6.45) is 5.25. The first-order valence-corrected chi connectivity index (χ1v) is 8.99. The van der Waals surface area contributed by atoms with E-state index >= 15 is 0 Å². The van der Waals surface area contributed by atoms with Crippen molar-refractivity contribution in [1.82, 2.24) is 4.90 Å². The average molecular weight is 326 g/mol. The van der Waals surface area contributed by atoms with E-state index in [1.54, 1.807) is 0 Å². The SMILES string of the molecule is Cc1ccc(OC2CCN(C(=O)C3(C#N)CCCC3)CC2)cc1C. The van der Waals surface area contributed by atoms with Crippen molar-refractivity contribution in [3.05, 3.63) is 29.3 Å². The van der Waals surface area contributed by atoms with Gasteiger partial charge in [0.1, 0.15) is 17.3 Å². The highest BCUT2D eigenvalue weighted by atomic mass is 16.5. The molecule has 0 aromatic heterocycles. The lowest BCUT2D eigenvalue weighted by atomic mass is 9.85. The second-order valence-electron chi connectivity index (χ2n) is 7.26. The number of hydrogen-bond donors (Lipinski definition) is 0. The van der Waals surface area contributed by atoms with Crippen molar-refractivity contribution in [1.29, 1.82) is 5.26 Å². The quantitative estimate of drug-likeness (QED) is 0.850. The smallest absolute Gasteiger partial charge is 0.243 e. The molecule has 1 aromatic carbocycles. The molecular weight excluding hydrogens is 300 g/mol. The van der Waals surface area contributed by atoms with Crippen molar-refractivity contribution < 1.29 is 9.53 Å². The molecule has 1 aliphatic carbocycles. The topological polar surface area (TPSA) is 53.3 Å². The fraction of sp³-hybridized carbons (Fsp3) is 0.600. The molecule has 2 aliphatic rings. The van der Waals surface area contributed by atoms with Crippen molar-refractivity contribution in [3.8, 4) is 11.8 Å². The highest BCUT2D eigenvalue weighted by Gasteiger charge is 2.44. The summed E-state index contributed by atoms with van der Waals surface area (Å²) in [5.74, 6) is 0.958. The molecule has 0 radical (unpaired) electrons. The van der Waals surface area contributed by atoms with Crippen LogP contribution >= 0.6 is 0 Å². The second-order valence-corrected chi connectivity index (χ2v) is 7.26. The first-order chi connectivity index (χ1) is 11.5. The molecular formula is C20H26N2O2. The van der Waals surface area contributed by atoms with Gasteiger partial charge in [-0.05, 0) is 49.9 Å². The van der Waals surface area contributed by atoms with Crippen LogP contribution in [-0.4, -0.2) is 30.0 Å². The first-order valence-electron chi connectivity index (χ1n) is 8.99. The van der Waals surface area contributed by atoms with E-state index in [1.165, 1.54) is 11.1 Å². The number of likely N-dealkylation sites (tertiary alicyclic amines) is 1. The van der Waals surface area contributed by atoms with Crippen molar-refractivity contribution >= 4 is 5.91 Å². The number of benzene rings is 1. The molecule has 3 rings (SSSR count). The van der Waals surface area contributed by atoms with Crippen LogP contribution in [0.5, 0.6) is 5.75 Å². The van der Waals surface area contributed by atoms with Crippen LogP contribution in [0, 0.1) is 30.6 Å². The van der Waals surface area contributed by atoms with Gasteiger partial charge in [0, 0.05) is 25.9 Å². The van der Waals surface area contributed by atoms with E-state index in [9.17, 15) is 10.1 Å². The Hall–Kier alpha value is -2.02. The predicted octanol–water partition coefficient (Wildman–Crippen LogP) is 3.76. The van der Waals surface area contributed by atoms with Gasteiger partial charge in [-0.25, -0.2) is 0 Å². The summed E-state index contributed by atoms with van der Waals surface area (Å²) in [5, 5.41) is 9.49. The molecule has 128 valence electrons. The zero-order valence-corrected chi connectivity index (χ0v) is 14.7. The zero-order valence-electron chi connectivity index (χ0n) is 14.7. The lowest BCUT2D eigenvalue weighted by molar-refractivity contribution is -0.140. The van der Waals surface area contributed by atoms with Gasteiger partial charge in [0.2, 0.25) is 5.91 Å². The maximum Gasteiger partial charge on any atom is 0.243 e. The number of amides is 1. The van der Waals surface area contributed by atoms with Gasteiger partial charge in [-0.2, -0.15) is 5.26 Å². The summed E-state index contributed by atoms with van der Waals surface area (Å²) in [6, 6.07) is 8.49. The van der Waals surface area contributed by atoms with Gasteiger partial charge in [0.05, 0.1) is 6.07 Å². The van der Waals surface area contributed by atoms with Crippen LogP contribution in [0.3, 0.4) is 0 Å². The number of carbonyl (C=O) groups excluding carboxylic acids is 1. The third-order valence-corrected chi connectivity index (χ3v) is 5.59. The number of nitriles is 1. The van der Waals surface area contributed by atoms with Gasteiger partial charge in [-0.1, -0.05) is 18.9 Å². The van der Waals surface area contributed by atoms with Crippen LogP contribution in [0.2, 0.25) is 0 Å². The van der Waals surface area contributed by atoms with Gasteiger partial charge in [0.25, 0.3) is 0 Å². The maximum absolute atomic E-state index is 12.8. The second kappa shape index (κ2) is 6.84. The van der Waals surface area contributed by atoms with E-state index in [4.69, 9.17) is 4.74 Å². The molecule has 1 amide bonds. The minimum atomic E-state index is -0.748. The molecule has 0 spiro atoms. The predicted molar refractivity (Wildman–Crippen MR) is 92.7 cm³/mol. The summed E-state index contributed by atoms with van der Waals surface area (Å²) in [6.45, 7) is 5.57. The molecule has 2 fully saturated rings. The van der Waals surface area contributed by atoms with Crippen molar-refractivity contribution in [2.24, 2.45) is 5.41 Å². The number of ether oxygens (including phenoxy) is 1. The number of aryl methyl sites for hydroxylation is 2. The summed E-state index contributed by atoms with van der Waals surface area (Å²) in [5.41, 5.74) is 1.75. The summed E-state index contributed by atoms with van der Waals surface area (Å²) >= 11 is 0. The van der Waals surface area contributed by atoms with Crippen molar-refractivity contribution in [2.45, 2.75) is 58.5 Å². The third kappa shape index (κ3) is 3.26. The Bertz CT molecular complexity index is 648. The fourth-order valence-corrected chi connectivity index (χ4v) is 3.81. The molecule has 0 N–H and O–H groups in total. The Balaban J connectivity index is 1.56. The van der Waals surface area contributed by atoms with E-state index in [0.29, 0.717) is 13.1 Å². The summed E-state index contributed by atoms with van der Waals surface area (Å²) < 4.78 is 6.09. The minimum Gasteiger partial charge on any atom is -0.490 e. The molecule has 0 bridgehead atoms. The highest BCUT2D eigenvalue weighted by molar-refractivity contribution is 5.85. The Kier molecular flexibility index (Phi) is 4.80. The Morgan fingerprint density at radius 3 is 2.46 bits per heavy atom. The van der Waals surface area contributed by atoms with Crippen molar-refractivity contribution in [3.63, 3.8) is 0 Å². The van der Waals surface area contributed by atoms with Crippen LogP contribution in [0.1, 0.15) is 49.7 Å². The van der Waals surface area contributed by atoms with Gasteiger partial charge >= 0.3 is 0 Å². The molecule has 4 heteroatoms. The largest absolute Gasteiger partial charge is 0.490 e. The Morgan fingerprint density at radius 1 is 1.21 bits per heavy atom. The third-order valence-electron chi connectivity index (χ3n) is 5.59. The molecule has 1 aromatic rings. The Labute approximate surface area is 144 Å². The molecule has 1 saturated heterocycles. The van der Waals surface area contributed by atoms with Gasteiger partial charge in [-0.15, -0.1) is 0 Å². The monoisotopic (exact) mass is 326 g/mol. The standard InChI is InChI=1S/C20H26N2O2/c1-15-5-6-18(13-16(15)2)24-17-7-11-22(12-8-17)19(23)20(14-21)9-3-4-10-20/h5-6,13,17H,3-4,7-12H2,1-2H3. The van der Waals surface area contributed by atoms with E-state index in [2.05, 4.69) is 32.0 Å². The van der Waals surface area contributed by atoms with E-state index in [0.717, 1.165) is 44.3 Å². The van der Waals surface area contributed by atoms with E-state index in [-0.39, 0.29) is 12.0 Å². The maximum atomic E-state index is 12.8. The average Bonchev–Trinajstić information content (AvgIpc) is 3.08. The van der Waals surface area contributed by atoms with Crippen LogP contribution in [0.4, 0.5) is 0 Å². The van der Waals surface area contributed by atoms with Gasteiger partial charge in [-0.3, -0.25) is 4.79 Å². The molecule has 1 aliphatic heterocycles. The highest BCUT2D eigenvalue weighted by Crippen LogP contribution is 2.39. The van der Waals surface area contributed by atoms with Crippen molar-refractivity contribution in [2.75, 3.05) is 13.1 Å². The number of piperidine rings is 1. The van der Waals surface area contributed by atoms with Crippen LogP contribution in [-0.2, 0) is 4.79 Å². The van der Waals surface area contributed by atoms with Crippen LogP contribution in [0.25, 0.3) is 0 Å². The van der Waals surface area contributed by atoms with Gasteiger partial charge in [0.15, 0.2) is 0 Å². The lowest BCUT2D eigenvalue weighted by Gasteiger charge is -2.35. The number of carbonyl (C=O) groups is 1. The molecule has 1 saturated carbocycles. The summed E-state index contributed by atoms with van der Waals surface area (Å²) in [7, 11) is 0.